The third-order valence-corrected chi connectivity index (χ3v) is 3.80. The first-order valence-corrected chi connectivity index (χ1v) is 4.84. The van der Waals surface area contributed by atoms with Crippen molar-refractivity contribution in [2.24, 2.45) is 11.7 Å². The molecule has 0 radical (unpaired) electrons. The van der Waals surface area contributed by atoms with Crippen molar-refractivity contribution in [3.63, 3.8) is 0 Å². The Bertz CT molecular complexity index is 195. The summed E-state index contributed by atoms with van der Waals surface area (Å²) in [6, 6.07) is 0. The SMILES string of the molecule is CCC(C)C1(N)OP1(=O)O. The van der Waals surface area contributed by atoms with Gasteiger partial charge in [-0.3, -0.25) is 14.8 Å². The lowest BCUT2D eigenvalue weighted by Gasteiger charge is -2.09. The number of hydrogen-bond donors (Lipinski definition) is 2. The summed E-state index contributed by atoms with van der Waals surface area (Å²) < 4.78 is 15.3. The van der Waals surface area contributed by atoms with Gasteiger partial charge in [0.1, 0.15) is 0 Å². The molecule has 0 aromatic carbocycles. The van der Waals surface area contributed by atoms with Gasteiger partial charge in [0.2, 0.25) is 5.47 Å². The third kappa shape index (κ3) is 0.920. The molecule has 1 heterocycles. The largest absolute Gasteiger partial charge is 0.377 e. The molecule has 0 aliphatic carbocycles. The highest BCUT2D eigenvalue weighted by Crippen LogP contribution is 2.75. The summed E-state index contributed by atoms with van der Waals surface area (Å²) in [6.07, 6.45) is 0.751. The molecule has 3 N–H and O–H groups in total. The highest BCUT2D eigenvalue weighted by molar-refractivity contribution is 7.60. The summed E-state index contributed by atoms with van der Waals surface area (Å²) in [7, 11) is -3.41. The average molecular weight is 165 g/mol. The van der Waals surface area contributed by atoms with Crippen LogP contribution in [-0.4, -0.2) is 10.4 Å². The van der Waals surface area contributed by atoms with E-state index in [9.17, 15) is 4.57 Å². The Balaban J connectivity index is 2.68. The molecule has 1 aliphatic rings. The van der Waals surface area contributed by atoms with Gasteiger partial charge < -0.3 is 4.89 Å². The Labute approximate surface area is 59.9 Å². The van der Waals surface area contributed by atoms with Gasteiger partial charge in [-0.1, -0.05) is 13.8 Å². The number of hydrogen-bond acceptors (Lipinski definition) is 3. The molecule has 3 unspecified atom stereocenters. The predicted molar refractivity (Wildman–Crippen MR) is 37.3 cm³/mol. The van der Waals surface area contributed by atoms with Crippen LogP contribution >= 0.6 is 7.60 Å². The van der Waals surface area contributed by atoms with E-state index < -0.39 is 13.1 Å². The lowest BCUT2D eigenvalue weighted by atomic mass is 10.1. The van der Waals surface area contributed by atoms with Crippen LogP contribution in [0.15, 0.2) is 0 Å². The molecule has 1 fully saturated rings. The quantitative estimate of drug-likeness (QED) is 0.470. The first-order valence-electron chi connectivity index (χ1n) is 3.26. The fourth-order valence-corrected chi connectivity index (χ4v) is 2.32. The minimum Gasteiger partial charge on any atom is -0.321 e. The van der Waals surface area contributed by atoms with Crippen LogP contribution in [0, 0.1) is 5.92 Å². The van der Waals surface area contributed by atoms with Gasteiger partial charge in [-0.15, -0.1) is 0 Å². The number of rotatable bonds is 2. The predicted octanol–water partition coefficient (Wildman–Crippen LogP) is 0.861. The fourth-order valence-electron chi connectivity index (χ4n) is 0.839. The van der Waals surface area contributed by atoms with Crippen molar-refractivity contribution in [3.05, 3.63) is 0 Å². The molecule has 1 aliphatic heterocycles. The summed E-state index contributed by atoms with van der Waals surface area (Å²) in [5.41, 5.74) is 4.21. The zero-order chi connectivity index (χ0) is 7.99. The maximum Gasteiger partial charge on any atom is 0.377 e. The van der Waals surface area contributed by atoms with Crippen molar-refractivity contribution in [1.29, 1.82) is 0 Å². The molecule has 0 spiro atoms. The standard InChI is InChI=1S/C5H12NO3P/c1-3-4(2)5(6)9-10(5,7)8/h4H,3,6H2,1-2H3,(H,7,8). The lowest BCUT2D eigenvalue weighted by molar-refractivity contribution is 0.233. The molecular weight excluding hydrogens is 153 g/mol. The van der Waals surface area contributed by atoms with Crippen molar-refractivity contribution in [2.75, 3.05) is 0 Å². The zero-order valence-electron chi connectivity index (χ0n) is 6.07. The van der Waals surface area contributed by atoms with E-state index in [0.717, 1.165) is 6.42 Å². The van der Waals surface area contributed by atoms with Crippen molar-refractivity contribution in [1.82, 2.24) is 0 Å². The molecule has 1 rings (SSSR count). The highest BCUT2D eigenvalue weighted by atomic mass is 31.2. The summed E-state index contributed by atoms with van der Waals surface area (Å²) in [6.45, 7) is 3.71. The van der Waals surface area contributed by atoms with Crippen LogP contribution in [0.4, 0.5) is 0 Å². The first kappa shape index (κ1) is 8.21. The summed E-state index contributed by atoms with van der Waals surface area (Å²) in [5.74, 6) is -0.0525. The molecule has 60 valence electrons. The van der Waals surface area contributed by atoms with E-state index in [-0.39, 0.29) is 5.92 Å². The van der Waals surface area contributed by atoms with Crippen molar-refractivity contribution in [2.45, 2.75) is 25.7 Å². The Morgan fingerprint density at radius 3 is 2.40 bits per heavy atom. The van der Waals surface area contributed by atoms with E-state index in [1.807, 2.05) is 6.92 Å². The lowest BCUT2D eigenvalue weighted by Crippen LogP contribution is -2.30. The molecule has 0 bridgehead atoms. The molecule has 0 aromatic heterocycles. The van der Waals surface area contributed by atoms with E-state index in [1.54, 1.807) is 6.92 Å². The average Bonchev–Trinajstić information content (AvgIpc) is 2.32. The molecule has 0 saturated carbocycles. The Kier molecular flexibility index (Phi) is 1.68. The van der Waals surface area contributed by atoms with Crippen LogP contribution < -0.4 is 5.73 Å². The van der Waals surface area contributed by atoms with Crippen molar-refractivity contribution >= 4 is 7.60 Å². The van der Waals surface area contributed by atoms with E-state index in [4.69, 9.17) is 10.6 Å². The molecule has 1 saturated heterocycles. The molecule has 0 aromatic rings. The van der Waals surface area contributed by atoms with Crippen LogP contribution in [0.1, 0.15) is 20.3 Å². The van der Waals surface area contributed by atoms with Crippen LogP contribution in [0.25, 0.3) is 0 Å². The van der Waals surface area contributed by atoms with Crippen LogP contribution in [-0.2, 0) is 9.09 Å². The van der Waals surface area contributed by atoms with E-state index in [2.05, 4.69) is 4.52 Å². The van der Waals surface area contributed by atoms with Gasteiger partial charge in [-0.25, -0.2) is 0 Å². The summed E-state index contributed by atoms with van der Waals surface area (Å²) >= 11 is 0. The summed E-state index contributed by atoms with van der Waals surface area (Å²) in [4.78, 5) is 8.86. The fraction of sp³-hybridized carbons (Fsp3) is 1.00. The minimum atomic E-state index is -3.41. The molecule has 0 amide bonds. The highest BCUT2D eigenvalue weighted by Gasteiger charge is 2.68. The Hall–Kier alpha value is 0.110. The number of nitrogens with two attached hydrogens (primary N) is 1. The topological polar surface area (TPSA) is 75.8 Å². The Morgan fingerprint density at radius 2 is 2.30 bits per heavy atom. The van der Waals surface area contributed by atoms with Gasteiger partial charge in [0.15, 0.2) is 0 Å². The van der Waals surface area contributed by atoms with E-state index in [1.165, 1.54) is 0 Å². The molecular formula is C5H12NO3P. The normalized spacial score (nSPS) is 48.8. The van der Waals surface area contributed by atoms with Gasteiger partial charge >= 0.3 is 7.60 Å². The molecule has 3 atom stereocenters. The third-order valence-electron chi connectivity index (χ3n) is 2.00. The zero-order valence-corrected chi connectivity index (χ0v) is 6.97. The van der Waals surface area contributed by atoms with Crippen LogP contribution in [0.2, 0.25) is 0 Å². The monoisotopic (exact) mass is 165 g/mol. The second-order valence-electron chi connectivity index (χ2n) is 2.67. The first-order chi connectivity index (χ1) is 4.44. The maximum atomic E-state index is 10.8. The van der Waals surface area contributed by atoms with Gasteiger partial charge in [0, 0.05) is 5.92 Å². The smallest absolute Gasteiger partial charge is 0.321 e. The minimum absolute atomic E-state index is 0.0525. The van der Waals surface area contributed by atoms with Crippen molar-refractivity contribution < 1.29 is 14.0 Å². The van der Waals surface area contributed by atoms with Gasteiger partial charge in [0.25, 0.3) is 0 Å². The Morgan fingerprint density at radius 1 is 1.90 bits per heavy atom. The molecule has 5 heteroatoms. The van der Waals surface area contributed by atoms with E-state index >= 15 is 0 Å². The summed E-state index contributed by atoms with van der Waals surface area (Å²) in [5, 5.41) is 0. The molecule has 4 nitrogen and oxygen atoms in total. The van der Waals surface area contributed by atoms with Gasteiger partial charge in [-0.05, 0) is 6.42 Å². The van der Waals surface area contributed by atoms with E-state index in [0.29, 0.717) is 0 Å². The van der Waals surface area contributed by atoms with Crippen LogP contribution in [0.5, 0.6) is 0 Å². The van der Waals surface area contributed by atoms with Gasteiger partial charge in [0.05, 0.1) is 0 Å². The maximum absolute atomic E-state index is 10.8. The van der Waals surface area contributed by atoms with Crippen LogP contribution in [0.3, 0.4) is 0 Å². The second kappa shape index (κ2) is 2.05. The van der Waals surface area contributed by atoms with Gasteiger partial charge in [-0.2, -0.15) is 0 Å². The second-order valence-corrected chi connectivity index (χ2v) is 4.60. The van der Waals surface area contributed by atoms with Crippen molar-refractivity contribution in [3.8, 4) is 0 Å². The molecule has 10 heavy (non-hydrogen) atoms.